The molecule has 1 saturated heterocycles. The Hall–Kier alpha value is -0.610. The maximum atomic E-state index is 11.6. The Kier molecular flexibility index (Phi) is 3.89. The Morgan fingerprint density at radius 3 is 2.79 bits per heavy atom. The SMILES string of the molecule is CNCCN1CCC(C)(C(=O)NC)C1. The number of nitrogens with zero attached hydrogens (tertiary/aromatic N) is 1. The molecule has 2 N–H and O–H groups in total. The Labute approximate surface area is 86.0 Å². The second kappa shape index (κ2) is 4.75. The van der Waals surface area contributed by atoms with Gasteiger partial charge in [-0.2, -0.15) is 0 Å². The summed E-state index contributed by atoms with van der Waals surface area (Å²) >= 11 is 0. The second-order valence-corrected chi connectivity index (χ2v) is 4.27. The number of nitrogens with one attached hydrogen (secondary N) is 2. The average molecular weight is 199 g/mol. The number of carbonyl (C=O) groups is 1. The van der Waals surface area contributed by atoms with Crippen molar-refractivity contribution in [3.8, 4) is 0 Å². The Morgan fingerprint density at radius 1 is 1.50 bits per heavy atom. The number of hydrogen-bond donors (Lipinski definition) is 2. The Morgan fingerprint density at radius 2 is 2.21 bits per heavy atom. The quantitative estimate of drug-likeness (QED) is 0.651. The fraction of sp³-hybridized carbons (Fsp3) is 0.900. The lowest BCUT2D eigenvalue weighted by atomic mass is 9.89. The zero-order valence-corrected chi connectivity index (χ0v) is 9.39. The third-order valence-corrected chi connectivity index (χ3v) is 3.01. The topological polar surface area (TPSA) is 44.4 Å². The first-order valence-electron chi connectivity index (χ1n) is 5.21. The molecule has 0 aromatic carbocycles. The van der Waals surface area contributed by atoms with Crippen LogP contribution in [0.25, 0.3) is 0 Å². The van der Waals surface area contributed by atoms with Gasteiger partial charge in [0.05, 0.1) is 5.41 Å². The van der Waals surface area contributed by atoms with Gasteiger partial charge in [-0.25, -0.2) is 0 Å². The lowest BCUT2D eigenvalue weighted by Crippen LogP contribution is -2.40. The van der Waals surface area contributed by atoms with E-state index in [1.54, 1.807) is 7.05 Å². The van der Waals surface area contributed by atoms with Crippen LogP contribution in [0, 0.1) is 5.41 Å². The monoisotopic (exact) mass is 199 g/mol. The smallest absolute Gasteiger partial charge is 0.227 e. The summed E-state index contributed by atoms with van der Waals surface area (Å²) in [7, 11) is 3.66. The van der Waals surface area contributed by atoms with E-state index in [1.807, 2.05) is 14.0 Å². The minimum Gasteiger partial charge on any atom is -0.359 e. The van der Waals surface area contributed by atoms with Crippen molar-refractivity contribution >= 4 is 5.91 Å². The van der Waals surface area contributed by atoms with Gasteiger partial charge in [0.15, 0.2) is 0 Å². The molecule has 14 heavy (non-hydrogen) atoms. The molecule has 1 aliphatic rings. The van der Waals surface area contributed by atoms with Gasteiger partial charge in [-0.05, 0) is 26.9 Å². The first kappa shape index (κ1) is 11.5. The molecule has 0 aromatic rings. The van der Waals surface area contributed by atoms with Gasteiger partial charge in [-0.3, -0.25) is 4.79 Å². The predicted octanol–water partition coefficient (Wildman–Crippen LogP) is -0.336. The lowest BCUT2D eigenvalue weighted by molar-refractivity contribution is -0.129. The number of likely N-dealkylation sites (N-methyl/N-ethyl adjacent to an activating group) is 1. The molecule has 1 fully saturated rings. The van der Waals surface area contributed by atoms with E-state index in [4.69, 9.17) is 0 Å². The van der Waals surface area contributed by atoms with Crippen molar-refractivity contribution in [3.05, 3.63) is 0 Å². The molecule has 0 saturated carbocycles. The maximum absolute atomic E-state index is 11.6. The molecule has 1 amide bonds. The summed E-state index contributed by atoms with van der Waals surface area (Å²) in [6, 6.07) is 0. The van der Waals surface area contributed by atoms with Gasteiger partial charge in [0, 0.05) is 26.7 Å². The summed E-state index contributed by atoms with van der Waals surface area (Å²) in [5, 5.41) is 5.87. The molecule has 0 spiro atoms. The molecular weight excluding hydrogens is 178 g/mol. The van der Waals surface area contributed by atoms with Crippen LogP contribution in [-0.2, 0) is 4.79 Å². The van der Waals surface area contributed by atoms with E-state index in [0.29, 0.717) is 0 Å². The Bertz CT molecular complexity index is 208. The zero-order chi connectivity index (χ0) is 10.6. The first-order valence-corrected chi connectivity index (χ1v) is 5.21. The van der Waals surface area contributed by atoms with Gasteiger partial charge < -0.3 is 15.5 Å². The second-order valence-electron chi connectivity index (χ2n) is 4.27. The van der Waals surface area contributed by atoms with Gasteiger partial charge in [0.2, 0.25) is 5.91 Å². The maximum Gasteiger partial charge on any atom is 0.227 e. The number of carbonyl (C=O) groups excluding carboxylic acids is 1. The highest BCUT2D eigenvalue weighted by Gasteiger charge is 2.39. The van der Waals surface area contributed by atoms with Crippen LogP contribution in [-0.4, -0.2) is 51.1 Å². The van der Waals surface area contributed by atoms with Gasteiger partial charge in [-0.15, -0.1) is 0 Å². The van der Waals surface area contributed by atoms with Crippen LogP contribution in [0.4, 0.5) is 0 Å². The third-order valence-electron chi connectivity index (χ3n) is 3.01. The molecule has 1 rings (SSSR count). The molecule has 4 nitrogen and oxygen atoms in total. The summed E-state index contributed by atoms with van der Waals surface area (Å²) in [5.41, 5.74) is -0.178. The molecular formula is C10H21N3O. The summed E-state index contributed by atoms with van der Waals surface area (Å²) in [6.45, 7) is 5.98. The van der Waals surface area contributed by atoms with E-state index in [-0.39, 0.29) is 11.3 Å². The predicted molar refractivity (Wildman–Crippen MR) is 57.2 cm³/mol. The molecule has 4 heteroatoms. The van der Waals surface area contributed by atoms with Crippen LogP contribution in [0.1, 0.15) is 13.3 Å². The van der Waals surface area contributed by atoms with Crippen molar-refractivity contribution in [1.29, 1.82) is 0 Å². The minimum absolute atomic E-state index is 0.171. The summed E-state index contributed by atoms with van der Waals surface area (Å²) in [6.07, 6.45) is 0.969. The fourth-order valence-corrected chi connectivity index (χ4v) is 2.00. The number of amides is 1. The molecule has 0 bridgehead atoms. The van der Waals surface area contributed by atoms with Crippen molar-refractivity contribution < 1.29 is 4.79 Å². The van der Waals surface area contributed by atoms with E-state index in [1.165, 1.54) is 0 Å². The van der Waals surface area contributed by atoms with Crippen LogP contribution in [0.5, 0.6) is 0 Å². The van der Waals surface area contributed by atoms with E-state index < -0.39 is 0 Å². The fourth-order valence-electron chi connectivity index (χ4n) is 2.00. The van der Waals surface area contributed by atoms with Crippen molar-refractivity contribution in [3.63, 3.8) is 0 Å². The minimum atomic E-state index is -0.178. The molecule has 0 aliphatic carbocycles. The third kappa shape index (κ3) is 2.45. The van der Waals surface area contributed by atoms with Crippen LogP contribution >= 0.6 is 0 Å². The highest BCUT2D eigenvalue weighted by molar-refractivity contribution is 5.82. The van der Waals surface area contributed by atoms with E-state index >= 15 is 0 Å². The Balaban J connectivity index is 2.42. The van der Waals surface area contributed by atoms with E-state index in [2.05, 4.69) is 15.5 Å². The van der Waals surface area contributed by atoms with Gasteiger partial charge in [-0.1, -0.05) is 0 Å². The largest absolute Gasteiger partial charge is 0.359 e. The number of hydrogen-bond acceptors (Lipinski definition) is 3. The molecule has 1 unspecified atom stereocenters. The summed E-state index contributed by atoms with van der Waals surface area (Å²) < 4.78 is 0. The highest BCUT2D eigenvalue weighted by Crippen LogP contribution is 2.29. The lowest BCUT2D eigenvalue weighted by Gasteiger charge is -2.22. The number of likely N-dealkylation sites (tertiary alicyclic amines) is 1. The van der Waals surface area contributed by atoms with Gasteiger partial charge >= 0.3 is 0 Å². The van der Waals surface area contributed by atoms with Crippen LogP contribution < -0.4 is 10.6 Å². The van der Waals surface area contributed by atoms with Gasteiger partial charge in [0.1, 0.15) is 0 Å². The van der Waals surface area contributed by atoms with Crippen molar-refractivity contribution in [2.45, 2.75) is 13.3 Å². The summed E-state index contributed by atoms with van der Waals surface area (Å²) in [4.78, 5) is 13.9. The average Bonchev–Trinajstić information content (AvgIpc) is 2.57. The molecule has 1 heterocycles. The first-order chi connectivity index (χ1) is 6.62. The molecule has 82 valence electrons. The molecule has 1 aliphatic heterocycles. The van der Waals surface area contributed by atoms with Gasteiger partial charge in [0.25, 0.3) is 0 Å². The van der Waals surface area contributed by atoms with E-state index in [0.717, 1.165) is 32.6 Å². The van der Waals surface area contributed by atoms with E-state index in [9.17, 15) is 4.79 Å². The summed E-state index contributed by atoms with van der Waals surface area (Å²) in [5.74, 6) is 0.171. The van der Waals surface area contributed by atoms with Crippen LogP contribution in [0.2, 0.25) is 0 Å². The standard InChI is InChI=1S/C10H21N3O/c1-10(9(14)12-3)4-6-13(8-10)7-5-11-2/h11H,4-8H2,1-3H3,(H,12,14). The zero-order valence-electron chi connectivity index (χ0n) is 9.39. The number of rotatable bonds is 4. The van der Waals surface area contributed by atoms with Crippen LogP contribution in [0.3, 0.4) is 0 Å². The van der Waals surface area contributed by atoms with Crippen LogP contribution in [0.15, 0.2) is 0 Å². The molecule has 0 radical (unpaired) electrons. The molecule has 0 aromatic heterocycles. The highest BCUT2D eigenvalue weighted by atomic mass is 16.2. The van der Waals surface area contributed by atoms with Crippen molar-refractivity contribution in [2.75, 3.05) is 40.3 Å². The molecule has 1 atom stereocenters. The van der Waals surface area contributed by atoms with Crippen molar-refractivity contribution in [1.82, 2.24) is 15.5 Å². The van der Waals surface area contributed by atoms with Crippen molar-refractivity contribution in [2.24, 2.45) is 5.41 Å². The normalized spacial score (nSPS) is 27.9.